The second-order valence-corrected chi connectivity index (χ2v) is 3.01. The number of nitrogen functional groups attached to an aromatic ring is 1. The molecular formula is C8H11N5. The third kappa shape index (κ3) is 1.28. The monoisotopic (exact) mass is 177 g/mol. The first-order chi connectivity index (χ1) is 6.16. The Bertz CT molecular complexity index is 425. The van der Waals surface area contributed by atoms with Crippen LogP contribution in [0.15, 0.2) is 18.6 Å². The zero-order chi connectivity index (χ0) is 9.42. The Labute approximate surface area is 75.8 Å². The average molecular weight is 177 g/mol. The molecular weight excluding hydrogens is 166 g/mol. The molecule has 0 spiro atoms. The Kier molecular flexibility index (Phi) is 1.58. The Morgan fingerprint density at radius 1 is 1.23 bits per heavy atom. The molecule has 2 rings (SSSR count). The first-order valence-electron chi connectivity index (χ1n) is 3.95. The van der Waals surface area contributed by atoms with Crippen molar-refractivity contribution in [1.82, 2.24) is 19.6 Å². The lowest BCUT2D eigenvalue weighted by Gasteiger charge is -1.90. The van der Waals surface area contributed by atoms with E-state index in [1.165, 1.54) is 0 Å². The van der Waals surface area contributed by atoms with Crippen LogP contribution in [0.2, 0.25) is 0 Å². The maximum atomic E-state index is 5.76. The first kappa shape index (κ1) is 7.85. The van der Waals surface area contributed by atoms with E-state index >= 15 is 0 Å². The molecule has 0 aliphatic carbocycles. The number of hydrogen-bond donors (Lipinski definition) is 1. The highest BCUT2D eigenvalue weighted by molar-refractivity contribution is 5.70. The van der Waals surface area contributed by atoms with Gasteiger partial charge in [-0.25, -0.2) is 0 Å². The van der Waals surface area contributed by atoms with E-state index in [4.69, 9.17) is 5.73 Å². The SMILES string of the molecule is Cn1cc(-c2nn(C)cc2N)cn1. The third-order valence-corrected chi connectivity index (χ3v) is 1.84. The van der Waals surface area contributed by atoms with E-state index in [-0.39, 0.29) is 0 Å². The van der Waals surface area contributed by atoms with Gasteiger partial charge in [-0.3, -0.25) is 9.36 Å². The van der Waals surface area contributed by atoms with Crippen LogP contribution < -0.4 is 5.73 Å². The van der Waals surface area contributed by atoms with Gasteiger partial charge in [0.1, 0.15) is 5.69 Å². The molecule has 13 heavy (non-hydrogen) atoms. The maximum absolute atomic E-state index is 5.76. The van der Waals surface area contributed by atoms with E-state index in [9.17, 15) is 0 Å². The van der Waals surface area contributed by atoms with Crippen LogP contribution in [0, 0.1) is 0 Å². The topological polar surface area (TPSA) is 61.7 Å². The van der Waals surface area contributed by atoms with Gasteiger partial charge in [0.25, 0.3) is 0 Å². The zero-order valence-corrected chi connectivity index (χ0v) is 7.60. The van der Waals surface area contributed by atoms with Gasteiger partial charge in [-0.05, 0) is 0 Å². The maximum Gasteiger partial charge on any atom is 0.118 e. The Hall–Kier alpha value is -1.78. The number of nitrogens with two attached hydrogens (primary N) is 1. The summed E-state index contributed by atoms with van der Waals surface area (Å²) in [5.41, 5.74) is 8.17. The fourth-order valence-corrected chi connectivity index (χ4v) is 1.27. The minimum absolute atomic E-state index is 0.676. The van der Waals surface area contributed by atoms with Gasteiger partial charge in [-0.1, -0.05) is 0 Å². The van der Waals surface area contributed by atoms with Crippen molar-refractivity contribution in [3.8, 4) is 11.3 Å². The predicted molar refractivity (Wildman–Crippen MR) is 49.8 cm³/mol. The highest BCUT2D eigenvalue weighted by Crippen LogP contribution is 2.22. The molecule has 2 aromatic heterocycles. The van der Waals surface area contributed by atoms with Gasteiger partial charge in [0.05, 0.1) is 11.9 Å². The lowest BCUT2D eigenvalue weighted by molar-refractivity contribution is 0.766. The Balaban J connectivity index is 2.51. The van der Waals surface area contributed by atoms with Crippen molar-refractivity contribution in [1.29, 1.82) is 0 Å². The molecule has 0 aliphatic rings. The van der Waals surface area contributed by atoms with Gasteiger partial charge in [-0.15, -0.1) is 0 Å². The lowest BCUT2D eigenvalue weighted by Crippen LogP contribution is -1.87. The molecule has 0 unspecified atom stereocenters. The van der Waals surface area contributed by atoms with Gasteiger partial charge < -0.3 is 5.73 Å². The number of aryl methyl sites for hydroxylation is 2. The van der Waals surface area contributed by atoms with Crippen molar-refractivity contribution in [2.45, 2.75) is 0 Å². The highest BCUT2D eigenvalue weighted by Gasteiger charge is 2.08. The molecule has 2 aromatic rings. The largest absolute Gasteiger partial charge is 0.396 e. The van der Waals surface area contributed by atoms with Gasteiger partial charge in [0.2, 0.25) is 0 Å². The van der Waals surface area contributed by atoms with E-state index in [1.807, 2.05) is 20.3 Å². The van der Waals surface area contributed by atoms with E-state index < -0.39 is 0 Å². The predicted octanol–water partition coefficient (Wildman–Crippen LogP) is 0.403. The molecule has 5 heteroatoms. The van der Waals surface area contributed by atoms with Gasteiger partial charge in [0.15, 0.2) is 0 Å². The van der Waals surface area contributed by atoms with Crippen molar-refractivity contribution < 1.29 is 0 Å². The summed E-state index contributed by atoms with van der Waals surface area (Å²) in [6.07, 6.45) is 5.42. The number of nitrogens with zero attached hydrogens (tertiary/aromatic N) is 4. The standard InChI is InChI=1S/C8H11N5/c1-12-4-6(3-10-12)8-7(9)5-13(2)11-8/h3-5H,9H2,1-2H3. The summed E-state index contributed by atoms with van der Waals surface area (Å²) >= 11 is 0. The van der Waals surface area contributed by atoms with Crippen LogP contribution in [0.25, 0.3) is 11.3 Å². The minimum atomic E-state index is 0.676. The smallest absolute Gasteiger partial charge is 0.118 e. The van der Waals surface area contributed by atoms with Crippen molar-refractivity contribution in [2.24, 2.45) is 14.1 Å². The van der Waals surface area contributed by atoms with Crippen molar-refractivity contribution in [3.63, 3.8) is 0 Å². The second-order valence-electron chi connectivity index (χ2n) is 3.01. The fourth-order valence-electron chi connectivity index (χ4n) is 1.27. The van der Waals surface area contributed by atoms with Crippen LogP contribution in [0.5, 0.6) is 0 Å². The van der Waals surface area contributed by atoms with Crippen LogP contribution in [0.3, 0.4) is 0 Å². The molecule has 0 atom stereocenters. The number of aromatic nitrogens is 4. The molecule has 2 N–H and O–H groups in total. The molecule has 0 saturated carbocycles. The van der Waals surface area contributed by atoms with Crippen molar-refractivity contribution in [2.75, 3.05) is 5.73 Å². The van der Waals surface area contributed by atoms with Gasteiger partial charge in [-0.2, -0.15) is 10.2 Å². The highest BCUT2D eigenvalue weighted by atomic mass is 15.3. The fraction of sp³-hybridized carbons (Fsp3) is 0.250. The quantitative estimate of drug-likeness (QED) is 0.686. The van der Waals surface area contributed by atoms with Gasteiger partial charge in [0, 0.05) is 32.1 Å². The molecule has 0 aromatic carbocycles. The Morgan fingerprint density at radius 3 is 2.46 bits per heavy atom. The van der Waals surface area contributed by atoms with E-state index in [0.717, 1.165) is 11.3 Å². The molecule has 0 amide bonds. The number of hydrogen-bond acceptors (Lipinski definition) is 3. The van der Waals surface area contributed by atoms with Crippen LogP contribution in [0.4, 0.5) is 5.69 Å². The van der Waals surface area contributed by atoms with Crippen LogP contribution >= 0.6 is 0 Å². The molecule has 0 radical (unpaired) electrons. The molecule has 0 saturated heterocycles. The summed E-state index contributed by atoms with van der Waals surface area (Å²) in [7, 11) is 3.71. The van der Waals surface area contributed by atoms with E-state index in [0.29, 0.717) is 5.69 Å². The van der Waals surface area contributed by atoms with Crippen LogP contribution in [-0.4, -0.2) is 19.6 Å². The van der Waals surface area contributed by atoms with E-state index in [1.54, 1.807) is 21.8 Å². The number of anilines is 1. The average Bonchev–Trinajstić information content (AvgIpc) is 2.58. The summed E-state index contributed by atoms with van der Waals surface area (Å²) in [4.78, 5) is 0. The first-order valence-corrected chi connectivity index (χ1v) is 3.95. The molecule has 0 aliphatic heterocycles. The lowest BCUT2D eigenvalue weighted by atomic mass is 10.2. The van der Waals surface area contributed by atoms with Crippen LogP contribution in [-0.2, 0) is 14.1 Å². The summed E-state index contributed by atoms with van der Waals surface area (Å²) in [6.45, 7) is 0. The van der Waals surface area contributed by atoms with Crippen molar-refractivity contribution >= 4 is 5.69 Å². The Morgan fingerprint density at radius 2 is 2.00 bits per heavy atom. The molecule has 5 nitrogen and oxygen atoms in total. The zero-order valence-electron chi connectivity index (χ0n) is 7.60. The molecule has 68 valence electrons. The second kappa shape index (κ2) is 2.62. The normalized spacial score (nSPS) is 10.6. The summed E-state index contributed by atoms with van der Waals surface area (Å²) in [5.74, 6) is 0. The van der Waals surface area contributed by atoms with Crippen LogP contribution in [0.1, 0.15) is 0 Å². The third-order valence-electron chi connectivity index (χ3n) is 1.84. The van der Waals surface area contributed by atoms with E-state index in [2.05, 4.69) is 10.2 Å². The molecule has 2 heterocycles. The van der Waals surface area contributed by atoms with Gasteiger partial charge >= 0.3 is 0 Å². The summed E-state index contributed by atoms with van der Waals surface area (Å²) in [6, 6.07) is 0. The summed E-state index contributed by atoms with van der Waals surface area (Å²) < 4.78 is 3.42. The number of rotatable bonds is 1. The molecule has 0 fully saturated rings. The van der Waals surface area contributed by atoms with Crippen molar-refractivity contribution in [3.05, 3.63) is 18.6 Å². The molecule has 0 bridgehead atoms. The minimum Gasteiger partial charge on any atom is -0.396 e. The summed E-state index contributed by atoms with van der Waals surface area (Å²) in [5, 5.41) is 8.29.